The Kier molecular flexibility index (Phi) is 5.45. The van der Waals surface area contributed by atoms with Crippen LogP contribution in [0.3, 0.4) is 0 Å². The molecule has 104 valence electrons. The van der Waals surface area contributed by atoms with Crippen LogP contribution < -0.4 is 4.74 Å². The smallest absolute Gasteiger partial charge is 0.142 e. The normalized spacial score (nSPS) is 9.90. The van der Waals surface area contributed by atoms with Gasteiger partial charge in [-0.25, -0.2) is 9.37 Å². The zero-order valence-electron chi connectivity index (χ0n) is 10.9. The van der Waals surface area contributed by atoms with Gasteiger partial charge in [-0.3, -0.25) is 0 Å². The summed E-state index contributed by atoms with van der Waals surface area (Å²) in [6, 6.07) is 4.65. The number of ether oxygens (including phenoxy) is 1. The van der Waals surface area contributed by atoms with E-state index in [0.717, 1.165) is 13.0 Å². The average molecular weight is 293 g/mol. The summed E-state index contributed by atoms with van der Waals surface area (Å²) in [6.45, 7) is 1.34. The van der Waals surface area contributed by atoms with Crippen LogP contribution in [0, 0.1) is 17.7 Å². The summed E-state index contributed by atoms with van der Waals surface area (Å²) >= 11 is 5.43. The molecular formula is C15H14ClFN2O. The lowest BCUT2D eigenvalue weighted by Crippen LogP contribution is -2.03. The third kappa shape index (κ3) is 4.29. The van der Waals surface area contributed by atoms with Crippen molar-refractivity contribution in [2.45, 2.75) is 13.0 Å². The standard InChI is InChI=1S/C15H14ClFN2O/c16-6-1-3-13-4-5-14(11-15(13)17)20-10-2-8-19-9-7-18-12-19/h4-5,7,9,11-12H,2,6,8,10H2. The maximum atomic E-state index is 13.7. The fourth-order valence-corrected chi connectivity index (χ4v) is 1.74. The summed E-state index contributed by atoms with van der Waals surface area (Å²) in [5, 5.41) is 0. The molecular weight excluding hydrogens is 279 g/mol. The molecule has 0 bridgehead atoms. The second-order valence-electron chi connectivity index (χ2n) is 4.08. The molecule has 0 fully saturated rings. The highest BCUT2D eigenvalue weighted by molar-refractivity contribution is 6.19. The Hall–Kier alpha value is -1.99. The summed E-state index contributed by atoms with van der Waals surface area (Å²) in [5.41, 5.74) is 0.330. The van der Waals surface area contributed by atoms with Crippen LogP contribution in [0.25, 0.3) is 0 Å². The maximum absolute atomic E-state index is 13.7. The number of hydrogen-bond donors (Lipinski definition) is 0. The number of aryl methyl sites for hydroxylation is 1. The van der Waals surface area contributed by atoms with E-state index in [1.54, 1.807) is 24.7 Å². The van der Waals surface area contributed by atoms with Crippen molar-refractivity contribution in [1.82, 2.24) is 9.55 Å². The zero-order chi connectivity index (χ0) is 14.2. The number of alkyl halides is 1. The van der Waals surface area contributed by atoms with E-state index >= 15 is 0 Å². The van der Waals surface area contributed by atoms with Crippen LogP contribution in [0.4, 0.5) is 4.39 Å². The molecule has 3 nitrogen and oxygen atoms in total. The Morgan fingerprint density at radius 3 is 3.00 bits per heavy atom. The summed E-state index contributed by atoms with van der Waals surface area (Å²) < 4.78 is 21.1. The Labute approximate surface area is 122 Å². The van der Waals surface area contributed by atoms with E-state index in [1.165, 1.54) is 6.07 Å². The number of nitrogens with zero attached hydrogens (tertiary/aromatic N) is 2. The van der Waals surface area contributed by atoms with Crippen LogP contribution in [0.1, 0.15) is 12.0 Å². The van der Waals surface area contributed by atoms with Crippen LogP contribution in [-0.4, -0.2) is 22.0 Å². The summed E-state index contributed by atoms with van der Waals surface area (Å²) in [4.78, 5) is 3.96. The highest BCUT2D eigenvalue weighted by Gasteiger charge is 2.02. The Morgan fingerprint density at radius 2 is 2.30 bits per heavy atom. The predicted molar refractivity (Wildman–Crippen MR) is 76.3 cm³/mol. The Bertz CT molecular complexity index is 602. The number of rotatable bonds is 5. The van der Waals surface area contributed by atoms with Crippen LogP contribution in [-0.2, 0) is 6.54 Å². The van der Waals surface area contributed by atoms with Gasteiger partial charge < -0.3 is 9.30 Å². The minimum Gasteiger partial charge on any atom is -0.493 e. The molecule has 0 aliphatic rings. The Morgan fingerprint density at radius 1 is 1.40 bits per heavy atom. The van der Waals surface area contributed by atoms with Gasteiger partial charge >= 0.3 is 0 Å². The molecule has 0 atom stereocenters. The lowest BCUT2D eigenvalue weighted by molar-refractivity contribution is 0.300. The van der Waals surface area contributed by atoms with E-state index in [4.69, 9.17) is 16.3 Å². The van der Waals surface area contributed by atoms with Gasteiger partial charge in [0.15, 0.2) is 0 Å². The molecule has 0 aliphatic heterocycles. The topological polar surface area (TPSA) is 27.1 Å². The van der Waals surface area contributed by atoms with Crippen molar-refractivity contribution < 1.29 is 9.13 Å². The molecule has 0 spiro atoms. The molecule has 0 saturated heterocycles. The van der Waals surface area contributed by atoms with E-state index < -0.39 is 5.82 Å². The quantitative estimate of drug-likeness (QED) is 0.481. The van der Waals surface area contributed by atoms with E-state index in [2.05, 4.69) is 16.8 Å². The van der Waals surface area contributed by atoms with Crippen molar-refractivity contribution in [2.24, 2.45) is 0 Å². The zero-order valence-corrected chi connectivity index (χ0v) is 11.6. The van der Waals surface area contributed by atoms with Crippen LogP contribution in [0.15, 0.2) is 36.9 Å². The lowest BCUT2D eigenvalue weighted by atomic mass is 10.2. The van der Waals surface area contributed by atoms with Gasteiger partial charge in [0.05, 0.1) is 24.4 Å². The number of benzene rings is 1. The molecule has 0 unspecified atom stereocenters. The second kappa shape index (κ2) is 7.56. The fourth-order valence-electron chi connectivity index (χ4n) is 1.67. The number of imidazole rings is 1. The minimum atomic E-state index is -0.394. The minimum absolute atomic E-state index is 0.186. The van der Waals surface area contributed by atoms with Crippen molar-refractivity contribution in [3.8, 4) is 17.6 Å². The first-order chi connectivity index (χ1) is 9.79. The fraction of sp³-hybridized carbons (Fsp3) is 0.267. The first kappa shape index (κ1) is 14.4. The van der Waals surface area contributed by atoms with Crippen molar-refractivity contribution >= 4 is 11.6 Å². The monoisotopic (exact) mass is 292 g/mol. The van der Waals surface area contributed by atoms with Gasteiger partial charge in [-0.2, -0.15) is 0 Å². The lowest BCUT2D eigenvalue weighted by Gasteiger charge is -2.07. The third-order valence-electron chi connectivity index (χ3n) is 2.62. The van der Waals surface area contributed by atoms with Gasteiger partial charge in [0, 0.05) is 25.0 Å². The van der Waals surface area contributed by atoms with E-state index in [1.807, 2.05) is 10.8 Å². The van der Waals surface area contributed by atoms with Crippen molar-refractivity contribution in [3.63, 3.8) is 0 Å². The molecule has 0 saturated carbocycles. The van der Waals surface area contributed by atoms with E-state index in [0.29, 0.717) is 17.9 Å². The first-order valence-corrected chi connectivity index (χ1v) is 6.76. The van der Waals surface area contributed by atoms with Gasteiger partial charge in [-0.05, 0) is 18.6 Å². The summed E-state index contributed by atoms with van der Waals surface area (Å²) in [5.74, 6) is 5.57. The Balaban J connectivity index is 1.82. The van der Waals surface area contributed by atoms with Gasteiger partial charge in [0.1, 0.15) is 11.6 Å². The van der Waals surface area contributed by atoms with Gasteiger partial charge in [-0.1, -0.05) is 11.8 Å². The summed E-state index contributed by atoms with van der Waals surface area (Å²) in [6.07, 6.45) is 6.20. The molecule has 1 aromatic carbocycles. The SMILES string of the molecule is Fc1cc(OCCCn2ccnc2)ccc1C#CCCl. The van der Waals surface area contributed by atoms with Crippen LogP contribution in [0.5, 0.6) is 5.75 Å². The van der Waals surface area contributed by atoms with Crippen molar-refractivity contribution in [2.75, 3.05) is 12.5 Å². The molecule has 20 heavy (non-hydrogen) atoms. The van der Waals surface area contributed by atoms with Crippen LogP contribution >= 0.6 is 11.6 Å². The highest BCUT2D eigenvalue weighted by Crippen LogP contribution is 2.16. The molecule has 0 aliphatic carbocycles. The van der Waals surface area contributed by atoms with Crippen molar-refractivity contribution in [1.29, 1.82) is 0 Å². The summed E-state index contributed by atoms with van der Waals surface area (Å²) in [7, 11) is 0. The molecule has 0 N–H and O–H groups in total. The molecule has 1 aromatic heterocycles. The van der Waals surface area contributed by atoms with E-state index in [-0.39, 0.29) is 5.88 Å². The molecule has 5 heteroatoms. The number of halogens is 2. The van der Waals surface area contributed by atoms with Gasteiger partial charge in [0.25, 0.3) is 0 Å². The van der Waals surface area contributed by atoms with E-state index in [9.17, 15) is 4.39 Å². The molecule has 0 amide bonds. The van der Waals surface area contributed by atoms with Crippen molar-refractivity contribution in [3.05, 3.63) is 48.3 Å². The maximum Gasteiger partial charge on any atom is 0.142 e. The highest BCUT2D eigenvalue weighted by atomic mass is 35.5. The predicted octanol–water partition coefficient (Wildman–Crippen LogP) is 3.08. The second-order valence-corrected chi connectivity index (χ2v) is 4.35. The molecule has 1 heterocycles. The number of aromatic nitrogens is 2. The first-order valence-electron chi connectivity index (χ1n) is 6.22. The van der Waals surface area contributed by atoms with Gasteiger partial charge in [-0.15, -0.1) is 11.6 Å². The molecule has 2 aromatic rings. The molecule has 2 rings (SSSR count). The third-order valence-corrected chi connectivity index (χ3v) is 2.75. The number of hydrogen-bond acceptors (Lipinski definition) is 2. The average Bonchev–Trinajstić information content (AvgIpc) is 2.96. The van der Waals surface area contributed by atoms with Gasteiger partial charge in [0.2, 0.25) is 0 Å². The van der Waals surface area contributed by atoms with Crippen LogP contribution in [0.2, 0.25) is 0 Å². The molecule has 0 radical (unpaired) electrons. The largest absolute Gasteiger partial charge is 0.493 e.